The summed E-state index contributed by atoms with van der Waals surface area (Å²) in [4.78, 5) is 21.7. The van der Waals surface area contributed by atoms with Crippen molar-refractivity contribution in [3.63, 3.8) is 0 Å². The van der Waals surface area contributed by atoms with E-state index < -0.39 is 0 Å². The summed E-state index contributed by atoms with van der Waals surface area (Å²) < 4.78 is 12.5. The molecule has 2 aromatic carbocycles. The molecule has 0 unspecified atom stereocenters. The quantitative estimate of drug-likeness (QED) is 0.360. The van der Waals surface area contributed by atoms with Gasteiger partial charge in [-0.05, 0) is 64.5 Å². The van der Waals surface area contributed by atoms with Crippen molar-refractivity contribution in [3.8, 4) is 11.5 Å². The van der Waals surface area contributed by atoms with E-state index in [4.69, 9.17) is 9.47 Å². The molecule has 2 aliphatic rings. The van der Waals surface area contributed by atoms with Crippen molar-refractivity contribution in [2.24, 2.45) is 0 Å². The van der Waals surface area contributed by atoms with Crippen LogP contribution in [0.15, 0.2) is 53.3 Å². The zero-order valence-corrected chi connectivity index (χ0v) is 23.3. The maximum absolute atomic E-state index is 13.6. The van der Waals surface area contributed by atoms with Crippen molar-refractivity contribution in [1.82, 2.24) is 35.0 Å². The number of aromatic nitrogens is 5. The Morgan fingerprint density at radius 1 is 0.925 bits per heavy atom. The van der Waals surface area contributed by atoms with Crippen molar-refractivity contribution >= 4 is 10.9 Å². The fraction of sp³-hybridized carbons (Fsp3) is 0.467. The molecule has 1 saturated carbocycles. The molecular formula is C30H37N7O3. The Hall–Kier alpha value is -3.76. The van der Waals surface area contributed by atoms with E-state index >= 15 is 0 Å². The number of fused-ring (bicyclic) bond motifs is 1. The van der Waals surface area contributed by atoms with Crippen LogP contribution >= 0.6 is 0 Å². The van der Waals surface area contributed by atoms with Gasteiger partial charge in [0.05, 0.1) is 26.3 Å². The van der Waals surface area contributed by atoms with Crippen LogP contribution in [0.5, 0.6) is 11.5 Å². The van der Waals surface area contributed by atoms with E-state index in [0.29, 0.717) is 29.7 Å². The highest BCUT2D eigenvalue weighted by Gasteiger charge is 2.34. The maximum atomic E-state index is 13.6. The fourth-order valence-corrected chi connectivity index (χ4v) is 6.26. The number of nitrogens with zero attached hydrogens (tertiary/aromatic N) is 6. The summed E-state index contributed by atoms with van der Waals surface area (Å²) in [6.45, 7) is 4.13. The molecule has 6 rings (SSSR count). The summed E-state index contributed by atoms with van der Waals surface area (Å²) in [6.07, 6.45) is 6.58. The van der Waals surface area contributed by atoms with Gasteiger partial charge in [0.25, 0.3) is 5.56 Å². The molecule has 1 atom stereocenters. The summed E-state index contributed by atoms with van der Waals surface area (Å²) in [5.74, 6) is 2.17. The molecular weight excluding hydrogens is 506 g/mol. The van der Waals surface area contributed by atoms with Gasteiger partial charge in [0.1, 0.15) is 17.5 Å². The Morgan fingerprint density at radius 3 is 2.38 bits per heavy atom. The van der Waals surface area contributed by atoms with Gasteiger partial charge in [-0.1, -0.05) is 31.4 Å². The normalized spacial score (nSPS) is 18.1. The first-order chi connectivity index (χ1) is 19.6. The molecule has 210 valence electrons. The molecule has 1 aliphatic heterocycles. The number of methoxy groups -OCH3 is 2. The van der Waals surface area contributed by atoms with E-state index in [0.717, 1.165) is 48.4 Å². The molecule has 10 nitrogen and oxygen atoms in total. The van der Waals surface area contributed by atoms with E-state index in [1.165, 1.54) is 32.1 Å². The minimum absolute atomic E-state index is 0.139. The summed E-state index contributed by atoms with van der Waals surface area (Å²) in [5, 5.41) is 13.9. The lowest BCUT2D eigenvalue weighted by molar-refractivity contribution is 0.0618. The monoisotopic (exact) mass is 543 g/mol. The summed E-state index contributed by atoms with van der Waals surface area (Å²) in [7, 11) is 3.28. The standard InChI is InChI=1S/C30H37N7O3/c1-39-24-11-8-21(9-12-24)20-37-29(32-33-34-37)28(36-16-14-35(15-17-36)23-6-4-3-5-7-23)26-18-22-10-13-25(40-2)19-27(22)31-30(26)38/h8-13,18-19,23,28H,3-7,14-17,20H2,1-2H3,(H,31,38)/t28-/m1/s1. The number of piperazine rings is 1. The van der Waals surface area contributed by atoms with Crippen molar-refractivity contribution in [2.45, 2.75) is 50.7 Å². The Kier molecular flexibility index (Phi) is 7.79. The Labute approximate surface area is 233 Å². The molecule has 3 heterocycles. The molecule has 0 spiro atoms. The van der Waals surface area contributed by atoms with Crippen LogP contribution in [-0.4, -0.2) is 81.4 Å². The van der Waals surface area contributed by atoms with Crippen LogP contribution < -0.4 is 15.0 Å². The van der Waals surface area contributed by atoms with Gasteiger partial charge < -0.3 is 14.5 Å². The summed E-state index contributed by atoms with van der Waals surface area (Å²) in [5.41, 5.74) is 2.30. The van der Waals surface area contributed by atoms with E-state index in [1.54, 1.807) is 14.2 Å². The first kappa shape index (κ1) is 26.5. The second kappa shape index (κ2) is 11.8. The highest BCUT2D eigenvalue weighted by molar-refractivity contribution is 5.80. The highest BCUT2D eigenvalue weighted by Crippen LogP contribution is 2.31. The van der Waals surface area contributed by atoms with Crippen LogP contribution in [0.4, 0.5) is 0 Å². The Morgan fingerprint density at radius 2 is 1.65 bits per heavy atom. The van der Waals surface area contributed by atoms with Crippen LogP contribution in [0, 0.1) is 0 Å². The highest BCUT2D eigenvalue weighted by atomic mass is 16.5. The Balaban J connectivity index is 1.35. The molecule has 2 fully saturated rings. The zero-order chi connectivity index (χ0) is 27.5. The van der Waals surface area contributed by atoms with Crippen LogP contribution in [0.2, 0.25) is 0 Å². The van der Waals surface area contributed by atoms with Gasteiger partial charge in [0.15, 0.2) is 5.82 Å². The second-order valence-electron chi connectivity index (χ2n) is 10.8. The lowest BCUT2D eigenvalue weighted by Gasteiger charge is -2.43. The van der Waals surface area contributed by atoms with E-state index in [9.17, 15) is 4.79 Å². The molecule has 0 amide bonds. The number of ether oxygens (including phenoxy) is 2. The fourth-order valence-electron chi connectivity index (χ4n) is 6.26. The average molecular weight is 544 g/mol. The Bertz CT molecular complexity index is 1490. The van der Waals surface area contributed by atoms with E-state index in [1.807, 2.05) is 53.2 Å². The zero-order valence-electron chi connectivity index (χ0n) is 23.3. The molecule has 2 aromatic heterocycles. The largest absolute Gasteiger partial charge is 0.497 e. The maximum Gasteiger partial charge on any atom is 0.253 e. The van der Waals surface area contributed by atoms with E-state index in [2.05, 4.69) is 30.3 Å². The van der Waals surface area contributed by atoms with Crippen molar-refractivity contribution in [2.75, 3.05) is 40.4 Å². The molecule has 40 heavy (non-hydrogen) atoms. The van der Waals surface area contributed by atoms with Crippen molar-refractivity contribution in [3.05, 3.63) is 75.8 Å². The minimum Gasteiger partial charge on any atom is -0.497 e. The first-order valence-corrected chi connectivity index (χ1v) is 14.2. The number of tetrazole rings is 1. The van der Waals surface area contributed by atoms with Gasteiger partial charge in [0, 0.05) is 43.9 Å². The predicted octanol–water partition coefficient (Wildman–Crippen LogP) is 3.62. The lowest BCUT2D eigenvalue weighted by Crippen LogP contribution is -2.52. The molecule has 0 radical (unpaired) electrons. The number of nitrogens with one attached hydrogen (secondary N) is 1. The number of H-pyrrole nitrogens is 1. The topological polar surface area (TPSA) is 101 Å². The SMILES string of the molecule is COc1ccc(Cn2nnnc2[C@@H](c2cc3ccc(OC)cc3[nH]c2=O)N2CCN(C3CCCCC3)CC2)cc1. The number of aromatic amines is 1. The predicted molar refractivity (Wildman–Crippen MR) is 153 cm³/mol. The number of hydrogen-bond acceptors (Lipinski definition) is 8. The van der Waals surface area contributed by atoms with Gasteiger partial charge in [-0.25, -0.2) is 4.68 Å². The van der Waals surface area contributed by atoms with Crippen LogP contribution in [-0.2, 0) is 6.54 Å². The number of rotatable bonds is 8. The van der Waals surface area contributed by atoms with Gasteiger partial charge >= 0.3 is 0 Å². The summed E-state index contributed by atoms with van der Waals surface area (Å²) >= 11 is 0. The number of benzene rings is 2. The minimum atomic E-state index is -0.378. The van der Waals surface area contributed by atoms with Gasteiger partial charge in [-0.15, -0.1) is 5.10 Å². The van der Waals surface area contributed by atoms with E-state index in [-0.39, 0.29) is 11.6 Å². The third kappa shape index (κ3) is 5.46. The second-order valence-corrected chi connectivity index (χ2v) is 10.8. The molecule has 1 N–H and O–H groups in total. The third-order valence-corrected chi connectivity index (χ3v) is 8.48. The number of pyridine rings is 1. The average Bonchev–Trinajstić information content (AvgIpc) is 3.46. The molecule has 0 bridgehead atoms. The molecule has 1 aliphatic carbocycles. The summed E-state index contributed by atoms with van der Waals surface area (Å²) in [6, 6.07) is 15.9. The third-order valence-electron chi connectivity index (χ3n) is 8.48. The molecule has 4 aromatic rings. The number of hydrogen-bond donors (Lipinski definition) is 1. The van der Waals surface area contributed by atoms with Crippen LogP contribution in [0.1, 0.15) is 55.1 Å². The van der Waals surface area contributed by atoms with Gasteiger partial charge in [0.2, 0.25) is 0 Å². The first-order valence-electron chi connectivity index (χ1n) is 14.2. The van der Waals surface area contributed by atoms with Crippen LogP contribution in [0.25, 0.3) is 10.9 Å². The van der Waals surface area contributed by atoms with Gasteiger partial charge in [-0.2, -0.15) is 0 Å². The molecule has 1 saturated heterocycles. The smallest absolute Gasteiger partial charge is 0.253 e. The van der Waals surface area contributed by atoms with Crippen molar-refractivity contribution in [1.29, 1.82) is 0 Å². The van der Waals surface area contributed by atoms with Crippen LogP contribution in [0.3, 0.4) is 0 Å². The van der Waals surface area contributed by atoms with Crippen molar-refractivity contribution < 1.29 is 9.47 Å². The lowest BCUT2D eigenvalue weighted by atomic mass is 9.93. The van der Waals surface area contributed by atoms with Gasteiger partial charge in [-0.3, -0.25) is 14.6 Å². The molecule has 10 heteroatoms.